The van der Waals surface area contributed by atoms with Gasteiger partial charge in [-0.1, -0.05) is 60.1 Å². The third-order valence-corrected chi connectivity index (χ3v) is 3.41. The predicted octanol–water partition coefficient (Wildman–Crippen LogP) is 4.79. The van der Waals surface area contributed by atoms with Crippen LogP contribution in [0.4, 0.5) is 0 Å². The van der Waals surface area contributed by atoms with Crippen molar-refractivity contribution in [2.45, 2.75) is 0 Å². The lowest BCUT2D eigenvalue weighted by molar-refractivity contribution is 0.284. The van der Waals surface area contributed by atoms with E-state index >= 15 is 0 Å². The van der Waals surface area contributed by atoms with Gasteiger partial charge in [-0.15, -0.1) is 0 Å². The molecule has 0 saturated heterocycles. The summed E-state index contributed by atoms with van der Waals surface area (Å²) >= 11 is 6.18. The fraction of sp³-hybridized carbons (Fsp3) is 0.0588. The highest BCUT2D eigenvalue weighted by Crippen LogP contribution is 2.31. The second-order valence-electron chi connectivity index (χ2n) is 4.32. The third kappa shape index (κ3) is 2.56. The first-order valence-electron chi connectivity index (χ1n) is 6.19. The molecular weight excluding hydrogens is 256 g/mol. The molecule has 0 spiro atoms. The molecule has 0 aliphatic carbocycles. The molecule has 0 saturated carbocycles. The van der Waals surface area contributed by atoms with Crippen LogP contribution in [0.15, 0.2) is 66.4 Å². The highest BCUT2D eigenvalue weighted by molar-refractivity contribution is 6.32. The van der Waals surface area contributed by atoms with Crippen LogP contribution in [0, 0.1) is 0 Å². The Bertz CT molecular complexity index is 641. The number of ether oxygens (including phenoxy) is 1. The van der Waals surface area contributed by atoms with Crippen molar-refractivity contribution >= 4 is 23.3 Å². The molecule has 0 fully saturated rings. The normalized spacial score (nSPS) is 16.3. The zero-order valence-electron chi connectivity index (χ0n) is 10.3. The largest absolute Gasteiger partial charge is 0.489 e. The Morgan fingerprint density at radius 1 is 0.947 bits per heavy atom. The van der Waals surface area contributed by atoms with Crippen molar-refractivity contribution in [3.05, 3.63) is 82.6 Å². The fourth-order valence-corrected chi connectivity index (χ4v) is 2.31. The molecule has 0 amide bonds. The first-order valence-corrected chi connectivity index (χ1v) is 6.57. The number of hydrogen-bond acceptors (Lipinski definition) is 1. The van der Waals surface area contributed by atoms with E-state index in [9.17, 15) is 0 Å². The van der Waals surface area contributed by atoms with Crippen LogP contribution in [0.2, 0.25) is 5.02 Å². The van der Waals surface area contributed by atoms with Crippen LogP contribution in [-0.4, -0.2) is 6.61 Å². The van der Waals surface area contributed by atoms with Crippen LogP contribution in [0.3, 0.4) is 0 Å². The number of allylic oxidation sites excluding steroid dienone is 1. The van der Waals surface area contributed by atoms with Crippen molar-refractivity contribution in [1.82, 2.24) is 0 Å². The predicted molar refractivity (Wildman–Crippen MR) is 79.8 cm³/mol. The van der Waals surface area contributed by atoms with Gasteiger partial charge in [0.05, 0.1) is 0 Å². The van der Waals surface area contributed by atoms with Crippen molar-refractivity contribution in [3.63, 3.8) is 0 Å². The maximum atomic E-state index is 6.18. The van der Waals surface area contributed by atoms with Crippen molar-refractivity contribution in [2.75, 3.05) is 6.61 Å². The number of hydrogen-bond donors (Lipinski definition) is 0. The summed E-state index contributed by atoms with van der Waals surface area (Å²) < 4.78 is 5.69. The minimum absolute atomic E-state index is 0.612. The van der Waals surface area contributed by atoms with E-state index in [-0.39, 0.29) is 0 Å². The van der Waals surface area contributed by atoms with Crippen LogP contribution in [-0.2, 0) is 4.74 Å². The van der Waals surface area contributed by atoms with Crippen LogP contribution >= 0.6 is 11.6 Å². The third-order valence-electron chi connectivity index (χ3n) is 3.07. The summed E-state index contributed by atoms with van der Waals surface area (Å²) in [5.41, 5.74) is 3.27. The first-order chi connectivity index (χ1) is 9.34. The van der Waals surface area contributed by atoms with E-state index in [1.807, 2.05) is 48.5 Å². The molecule has 0 bridgehead atoms. The summed E-state index contributed by atoms with van der Waals surface area (Å²) in [6.07, 6.45) is 4.09. The van der Waals surface area contributed by atoms with Gasteiger partial charge in [0.2, 0.25) is 0 Å². The van der Waals surface area contributed by atoms with Crippen molar-refractivity contribution < 1.29 is 4.74 Å². The molecule has 1 heterocycles. The smallest absolute Gasteiger partial charge is 0.128 e. The molecule has 1 nitrogen and oxygen atoms in total. The molecule has 94 valence electrons. The van der Waals surface area contributed by atoms with Crippen LogP contribution < -0.4 is 0 Å². The first kappa shape index (κ1) is 12.1. The molecule has 2 aromatic rings. The Balaban J connectivity index is 1.98. The molecule has 1 aliphatic heterocycles. The molecular formula is C17H13ClO. The molecule has 0 atom stereocenters. The monoisotopic (exact) mass is 268 g/mol. The van der Waals surface area contributed by atoms with E-state index in [4.69, 9.17) is 16.3 Å². The van der Waals surface area contributed by atoms with Crippen LogP contribution in [0.1, 0.15) is 11.1 Å². The van der Waals surface area contributed by atoms with Gasteiger partial charge in [-0.2, -0.15) is 0 Å². The molecule has 0 N–H and O–H groups in total. The summed E-state index contributed by atoms with van der Waals surface area (Å²) in [5, 5.41) is 0.734. The van der Waals surface area contributed by atoms with Crippen molar-refractivity contribution in [3.8, 4) is 0 Å². The van der Waals surface area contributed by atoms with Gasteiger partial charge in [0.25, 0.3) is 0 Å². The Hall–Kier alpha value is -1.99. The molecule has 2 heteroatoms. The maximum absolute atomic E-state index is 6.18. The summed E-state index contributed by atoms with van der Waals surface area (Å²) in [7, 11) is 0. The summed E-state index contributed by atoms with van der Waals surface area (Å²) in [4.78, 5) is 0. The van der Waals surface area contributed by atoms with Gasteiger partial charge in [0, 0.05) is 10.6 Å². The second kappa shape index (κ2) is 5.33. The van der Waals surface area contributed by atoms with Crippen LogP contribution in [0.5, 0.6) is 0 Å². The lowest BCUT2D eigenvalue weighted by atomic mass is 10.0. The lowest BCUT2D eigenvalue weighted by Gasteiger charge is -2.06. The minimum atomic E-state index is 0.612. The number of halogens is 1. The highest BCUT2D eigenvalue weighted by Gasteiger charge is 2.15. The van der Waals surface area contributed by atoms with E-state index in [2.05, 4.69) is 18.2 Å². The second-order valence-corrected chi connectivity index (χ2v) is 4.73. The van der Waals surface area contributed by atoms with Crippen molar-refractivity contribution in [1.29, 1.82) is 0 Å². The Kier molecular flexibility index (Phi) is 3.39. The Morgan fingerprint density at radius 3 is 2.47 bits per heavy atom. The van der Waals surface area contributed by atoms with E-state index in [1.54, 1.807) is 0 Å². The van der Waals surface area contributed by atoms with Gasteiger partial charge in [-0.3, -0.25) is 0 Å². The Morgan fingerprint density at radius 2 is 1.68 bits per heavy atom. The zero-order chi connectivity index (χ0) is 13.1. The molecule has 3 rings (SSSR count). The summed E-state index contributed by atoms with van der Waals surface area (Å²) in [6, 6.07) is 18.0. The number of benzene rings is 2. The molecule has 0 aromatic heterocycles. The van der Waals surface area contributed by atoms with E-state index in [0.717, 1.165) is 21.9 Å². The van der Waals surface area contributed by atoms with Gasteiger partial charge in [0.15, 0.2) is 0 Å². The molecule has 1 aliphatic rings. The average molecular weight is 269 g/mol. The topological polar surface area (TPSA) is 9.23 Å². The SMILES string of the molecule is Clc1ccccc1C=C1OCC=C1c1ccccc1. The quantitative estimate of drug-likeness (QED) is 0.761. The Labute approximate surface area is 117 Å². The highest BCUT2D eigenvalue weighted by atomic mass is 35.5. The number of rotatable bonds is 2. The average Bonchev–Trinajstić information content (AvgIpc) is 2.91. The molecule has 0 radical (unpaired) electrons. The standard InChI is InChI=1S/C17H13ClO/c18-16-9-5-4-8-14(16)12-17-15(10-11-19-17)13-6-2-1-3-7-13/h1-10,12H,11H2. The summed E-state index contributed by atoms with van der Waals surface area (Å²) in [6.45, 7) is 0.612. The van der Waals surface area contributed by atoms with Crippen molar-refractivity contribution in [2.24, 2.45) is 0 Å². The van der Waals surface area contributed by atoms with Crippen LogP contribution in [0.25, 0.3) is 11.6 Å². The fourth-order valence-electron chi connectivity index (χ4n) is 2.12. The maximum Gasteiger partial charge on any atom is 0.128 e. The molecule has 2 aromatic carbocycles. The molecule has 19 heavy (non-hydrogen) atoms. The van der Waals surface area contributed by atoms with E-state index in [0.29, 0.717) is 6.61 Å². The van der Waals surface area contributed by atoms with Gasteiger partial charge >= 0.3 is 0 Å². The van der Waals surface area contributed by atoms with Gasteiger partial charge in [-0.25, -0.2) is 0 Å². The zero-order valence-corrected chi connectivity index (χ0v) is 11.1. The van der Waals surface area contributed by atoms with Gasteiger partial charge < -0.3 is 4.74 Å². The van der Waals surface area contributed by atoms with E-state index < -0.39 is 0 Å². The molecule has 0 unspecified atom stereocenters. The minimum Gasteiger partial charge on any atom is -0.489 e. The van der Waals surface area contributed by atoms with Gasteiger partial charge in [0.1, 0.15) is 12.4 Å². The van der Waals surface area contributed by atoms with E-state index in [1.165, 1.54) is 5.56 Å². The lowest BCUT2D eigenvalue weighted by Crippen LogP contribution is -1.88. The summed E-state index contributed by atoms with van der Waals surface area (Å²) in [5.74, 6) is 0.874. The van der Waals surface area contributed by atoms with Gasteiger partial charge in [-0.05, 0) is 29.3 Å².